The molecule has 0 bridgehead atoms. The zero-order valence-corrected chi connectivity index (χ0v) is 8.51. The third kappa shape index (κ3) is 2.24. The van der Waals surface area contributed by atoms with E-state index in [2.05, 4.69) is 16.7 Å². The Morgan fingerprint density at radius 1 is 1.21 bits per heavy atom. The standard InChI is InChI=1S/C9H18O5/c1-6-3-4-7(8(10)5-6)9(2,13-11)14-12/h6-8,10-12H,3-5H2,1-2H3/t6-,7-,8-/m1/s1. The van der Waals surface area contributed by atoms with Crippen molar-refractivity contribution in [2.45, 2.75) is 45.0 Å². The molecule has 0 radical (unpaired) electrons. The lowest BCUT2D eigenvalue weighted by molar-refractivity contribution is -0.499. The van der Waals surface area contributed by atoms with E-state index in [4.69, 9.17) is 10.5 Å². The number of rotatable bonds is 3. The molecule has 1 fully saturated rings. The molecule has 3 atom stereocenters. The van der Waals surface area contributed by atoms with Gasteiger partial charge in [-0.25, -0.2) is 20.3 Å². The molecule has 84 valence electrons. The van der Waals surface area contributed by atoms with Crippen LogP contribution in [0.3, 0.4) is 0 Å². The van der Waals surface area contributed by atoms with Gasteiger partial charge in [0.15, 0.2) is 0 Å². The Hall–Kier alpha value is -0.200. The Morgan fingerprint density at radius 3 is 2.21 bits per heavy atom. The van der Waals surface area contributed by atoms with Crippen molar-refractivity contribution < 1.29 is 25.4 Å². The maximum absolute atomic E-state index is 9.75. The van der Waals surface area contributed by atoms with Gasteiger partial charge in [-0.2, -0.15) is 0 Å². The molecule has 0 aromatic heterocycles. The van der Waals surface area contributed by atoms with Crippen LogP contribution in [0.15, 0.2) is 0 Å². The smallest absolute Gasteiger partial charge is 0.235 e. The lowest BCUT2D eigenvalue weighted by atomic mass is 9.77. The van der Waals surface area contributed by atoms with Gasteiger partial charge in [-0.05, 0) is 25.7 Å². The Kier molecular flexibility index (Phi) is 3.86. The van der Waals surface area contributed by atoms with Crippen LogP contribution >= 0.6 is 0 Å². The van der Waals surface area contributed by atoms with Gasteiger partial charge in [0.2, 0.25) is 5.79 Å². The highest BCUT2D eigenvalue weighted by atomic mass is 17.2. The monoisotopic (exact) mass is 206 g/mol. The van der Waals surface area contributed by atoms with E-state index < -0.39 is 17.8 Å². The zero-order chi connectivity index (χ0) is 10.8. The van der Waals surface area contributed by atoms with Crippen LogP contribution in [0.25, 0.3) is 0 Å². The fourth-order valence-corrected chi connectivity index (χ4v) is 2.11. The molecule has 5 nitrogen and oxygen atoms in total. The van der Waals surface area contributed by atoms with E-state index in [-0.39, 0.29) is 0 Å². The highest BCUT2D eigenvalue weighted by molar-refractivity contribution is 4.85. The largest absolute Gasteiger partial charge is 0.393 e. The van der Waals surface area contributed by atoms with Gasteiger partial charge < -0.3 is 5.11 Å². The minimum atomic E-state index is -1.53. The first kappa shape index (κ1) is 11.9. The SMILES string of the molecule is C[C@@H]1CC[C@@H](C(C)(OO)OO)[C@H](O)C1. The quantitative estimate of drug-likeness (QED) is 0.370. The van der Waals surface area contributed by atoms with Crippen molar-refractivity contribution in [3.8, 4) is 0 Å². The zero-order valence-electron chi connectivity index (χ0n) is 8.51. The highest BCUT2D eigenvalue weighted by Crippen LogP contribution is 2.37. The number of hydrogen-bond acceptors (Lipinski definition) is 5. The lowest BCUT2D eigenvalue weighted by Gasteiger charge is -2.39. The van der Waals surface area contributed by atoms with E-state index in [1.165, 1.54) is 6.92 Å². The third-order valence-electron chi connectivity index (χ3n) is 3.11. The fourth-order valence-electron chi connectivity index (χ4n) is 2.11. The van der Waals surface area contributed by atoms with Crippen LogP contribution in [0.2, 0.25) is 0 Å². The molecule has 0 aromatic carbocycles. The first-order chi connectivity index (χ1) is 6.53. The molecule has 1 saturated carbocycles. The summed E-state index contributed by atoms with van der Waals surface area (Å²) in [7, 11) is 0. The molecular weight excluding hydrogens is 188 g/mol. The minimum Gasteiger partial charge on any atom is -0.393 e. The summed E-state index contributed by atoms with van der Waals surface area (Å²) in [5, 5.41) is 27.0. The van der Waals surface area contributed by atoms with Gasteiger partial charge in [-0.1, -0.05) is 13.3 Å². The second-order valence-corrected chi connectivity index (χ2v) is 4.29. The molecule has 3 N–H and O–H groups in total. The second-order valence-electron chi connectivity index (χ2n) is 4.29. The summed E-state index contributed by atoms with van der Waals surface area (Å²) in [5.41, 5.74) is 0. The first-order valence-electron chi connectivity index (χ1n) is 4.86. The van der Waals surface area contributed by atoms with E-state index in [0.29, 0.717) is 18.8 Å². The van der Waals surface area contributed by atoms with Crippen molar-refractivity contribution in [3.05, 3.63) is 0 Å². The molecule has 0 saturated heterocycles. The molecule has 1 aliphatic rings. The van der Waals surface area contributed by atoms with Gasteiger partial charge in [-0.15, -0.1) is 0 Å². The van der Waals surface area contributed by atoms with Crippen molar-refractivity contribution in [2.75, 3.05) is 0 Å². The van der Waals surface area contributed by atoms with Crippen LogP contribution in [0.5, 0.6) is 0 Å². The molecule has 5 heteroatoms. The molecule has 0 amide bonds. The van der Waals surface area contributed by atoms with Crippen molar-refractivity contribution in [1.82, 2.24) is 0 Å². The third-order valence-corrected chi connectivity index (χ3v) is 3.11. The number of aliphatic hydroxyl groups is 1. The maximum atomic E-state index is 9.75. The average Bonchev–Trinajstić information content (AvgIpc) is 2.17. The number of hydrogen-bond donors (Lipinski definition) is 3. The van der Waals surface area contributed by atoms with Gasteiger partial charge in [0, 0.05) is 5.92 Å². The molecular formula is C9H18O5. The van der Waals surface area contributed by atoms with E-state index >= 15 is 0 Å². The van der Waals surface area contributed by atoms with Gasteiger partial charge >= 0.3 is 0 Å². The maximum Gasteiger partial charge on any atom is 0.235 e. The normalized spacial score (nSPS) is 34.5. The first-order valence-corrected chi connectivity index (χ1v) is 4.86. The van der Waals surface area contributed by atoms with E-state index in [9.17, 15) is 5.11 Å². The molecule has 0 aromatic rings. The second kappa shape index (κ2) is 4.55. The van der Waals surface area contributed by atoms with Crippen LogP contribution in [-0.2, 0) is 9.78 Å². The molecule has 0 heterocycles. The Balaban J connectivity index is 2.67. The molecule has 14 heavy (non-hydrogen) atoms. The van der Waals surface area contributed by atoms with Crippen LogP contribution in [0.1, 0.15) is 33.1 Å². The molecule has 0 spiro atoms. The summed E-state index contributed by atoms with van der Waals surface area (Å²) in [6.45, 7) is 3.45. The molecule has 0 aliphatic heterocycles. The highest BCUT2D eigenvalue weighted by Gasteiger charge is 2.44. The lowest BCUT2D eigenvalue weighted by Crippen LogP contribution is -2.47. The van der Waals surface area contributed by atoms with Crippen molar-refractivity contribution in [3.63, 3.8) is 0 Å². The predicted octanol–water partition coefficient (Wildman–Crippen LogP) is 1.48. The minimum absolute atomic E-state index is 0.409. The Morgan fingerprint density at radius 2 is 1.79 bits per heavy atom. The van der Waals surface area contributed by atoms with Crippen molar-refractivity contribution in [1.29, 1.82) is 0 Å². The van der Waals surface area contributed by atoms with Crippen molar-refractivity contribution >= 4 is 0 Å². The van der Waals surface area contributed by atoms with Gasteiger partial charge in [0.1, 0.15) is 0 Å². The van der Waals surface area contributed by atoms with E-state index in [1.807, 2.05) is 0 Å². The molecule has 0 unspecified atom stereocenters. The summed E-state index contributed by atoms with van der Waals surface area (Å²) in [4.78, 5) is 8.20. The molecule has 1 aliphatic carbocycles. The average molecular weight is 206 g/mol. The van der Waals surface area contributed by atoms with Gasteiger partial charge in [0.05, 0.1) is 6.10 Å². The summed E-state index contributed by atoms with van der Waals surface area (Å²) in [5.74, 6) is -1.49. The van der Waals surface area contributed by atoms with Crippen LogP contribution in [0, 0.1) is 11.8 Å². The van der Waals surface area contributed by atoms with Crippen molar-refractivity contribution in [2.24, 2.45) is 11.8 Å². The van der Waals surface area contributed by atoms with Crippen LogP contribution < -0.4 is 0 Å². The molecule has 1 rings (SSSR count). The summed E-state index contributed by atoms with van der Waals surface area (Å²) in [6.07, 6.45) is 1.58. The fraction of sp³-hybridized carbons (Fsp3) is 1.00. The van der Waals surface area contributed by atoms with Crippen LogP contribution in [0.4, 0.5) is 0 Å². The predicted molar refractivity (Wildman–Crippen MR) is 48.3 cm³/mol. The topological polar surface area (TPSA) is 79.2 Å². The Bertz CT molecular complexity index is 180. The van der Waals surface area contributed by atoms with E-state index in [0.717, 1.165) is 6.42 Å². The Labute approximate surface area is 83.1 Å². The summed E-state index contributed by atoms with van der Waals surface area (Å²) < 4.78 is 0. The van der Waals surface area contributed by atoms with Crippen LogP contribution in [-0.4, -0.2) is 27.5 Å². The summed E-state index contributed by atoms with van der Waals surface area (Å²) >= 11 is 0. The summed E-state index contributed by atoms with van der Waals surface area (Å²) in [6, 6.07) is 0. The number of aliphatic hydroxyl groups excluding tert-OH is 1. The van der Waals surface area contributed by atoms with E-state index in [1.54, 1.807) is 0 Å². The van der Waals surface area contributed by atoms with Gasteiger partial charge in [-0.3, -0.25) is 0 Å². The van der Waals surface area contributed by atoms with Gasteiger partial charge in [0.25, 0.3) is 0 Å².